The fraction of sp³-hybridized carbons (Fsp3) is 0.333. The van der Waals surface area contributed by atoms with Crippen molar-refractivity contribution in [2.75, 3.05) is 13.1 Å². The van der Waals surface area contributed by atoms with Crippen molar-refractivity contribution in [2.45, 2.75) is 18.9 Å². The van der Waals surface area contributed by atoms with Crippen LogP contribution in [0.1, 0.15) is 23.3 Å². The van der Waals surface area contributed by atoms with Crippen LogP contribution in [0.4, 0.5) is 0 Å². The van der Waals surface area contributed by atoms with Gasteiger partial charge in [0.2, 0.25) is 0 Å². The van der Waals surface area contributed by atoms with E-state index < -0.39 is 0 Å². The molecule has 0 radical (unpaired) electrons. The summed E-state index contributed by atoms with van der Waals surface area (Å²) in [4.78, 5) is 26.8. The van der Waals surface area contributed by atoms with E-state index in [1.54, 1.807) is 12.1 Å². The first kappa shape index (κ1) is 15.5. The second kappa shape index (κ2) is 6.74. The summed E-state index contributed by atoms with van der Waals surface area (Å²) >= 11 is 0. The molecule has 0 aliphatic carbocycles. The lowest BCUT2D eigenvalue weighted by molar-refractivity contribution is 0.0925. The van der Waals surface area contributed by atoms with Crippen molar-refractivity contribution in [2.24, 2.45) is 0 Å². The first-order valence-corrected chi connectivity index (χ1v) is 6.88. The Morgan fingerprint density at radius 1 is 1.29 bits per heavy atom. The molecule has 2 heterocycles. The zero-order valence-electron chi connectivity index (χ0n) is 11.5. The molecule has 0 bridgehead atoms. The standard InChI is InChI=1S/C15H17N3O2.ClH/c19-14-12-6-2-1-4-10(12)8-13(18-14)15(20)17-11-5-3-7-16-9-11;/h1-2,4,6,8,11,16H,3,5,7,9H2,(H,17,20)(H,18,19);1H/t11-;/m0./s1. The van der Waals surface area contributed by atoms with E-state index in [1.165, 1.54) is 0 Å². The van der Waals surface area contributed by atoms with Crippen molar-refractivity contribution in [3.05, 3.63) is 46.4 Å². The predicted octanol–water partition coefficient (Wildman–Crippen LogP) is 1.43. The van der Waals surface area contributed by atoms with Gasteiger partial charge in [0.05, 0.1) is 0 Å². The molecule has 3 N–H and O–H groups in total. The number of nitrogens with one attached hydrogen (secondary N) is 3. The summed E-state index contributed by atoms with van der Waals surface area (Å²) in [6.45, 7) is 1.78. The maximum absolute atomic E-state index is 12.2. The van der Waals surface area contributed by atoms with Crippen molar-refractivity contribution in [1.82, 2.24) is 15.6 Å². The van der Waals surface area contributed by atoms with Crippen LogP contribution in [0, 0.1) is 0 Å². The van der Waals surface area contributed by atoms with Gasteiger partial charge >= 0.3 is 0 Å². The molecule has 2 aromatic rings. The molecule has 0 saturated carbocycles. The summed E-state index contributed by atoms with van der Waals surface area (Å²) in [6, 6.07) is 9.11. The molecule has 0 spiro atoms. The van der Waals surface area contributed by atoms with Crippen molar-refractivity contribution in [1.29, 1.82) is 0 Å². The molecular weight excluding hydrogens is 290 g/mol. The number of benzene rings is 1. The third-order valence-corrected chi connectivity index (χ3v) is 3.63. The zero-order chi connectivity index (χ0) is 13.9. The summed E-state index contributed by atoms with van der Waals surface area (Å²) in [5.74, 6) is -0.221. The highest BCUT2D eigenvalue weighted by molar-refractivity contribution is 5.96. The topological polar surface area (TPSA) is 74.0 Å². The van der Waals surface area contributed by atoms with E-state index in [4.69, 9.17) is 0 Å². The van der Waals surface area contributed by atoms with Gasteiger partial charge in [0.25, 0.3) is 11.5 Å². The highest BCUT2D eigenvalue weighted by atomic mass is 35.5. The molecule has 1 atom stereocenters. The van der Waals surface area contributed by atoms with Crippen LogP contribution >= 0.6 is 12.4 Å². The lowest BCUT2D eigenvalue weighted by Crippen LogP contribution is -2.46. The van der Waals surface area contributed by atoms with E-state index in [-0.39, 0.29) is 29.9 Å². The zero-order valence-corrected chi connectivity index (χ0v) is 12.3. The van der Waals surface area contributed by atoms with Gasteiger partial charge in [0.15, 0.2) is 0 Å². The third kappa shape index (κ3) is 3.43. The Morgan fingerprint density at radius 3 is 2.86 bits per heavy atom. The quantitative estimate of drug-likeness (QED) is 0.786. The van der Waals surface area contributed by atoms with Gasteiger partial charge in [0.1, 0.15) is 5.69 Å². The summed E-state index contributed by atoms with van der Waals surface area (Å²) in [5.41, 5.74) is 0.0919. The number of halogens is 1. The van der Waals surface area contributed by atoms with Gasteiger partial charge in [-0.3, -0.25) is 9.59 Å². The SMILES string of the molecule is Cl.O=C(N[C@H]1CCCNC1)c1cc2ccccc2c(=O)[nH]1. The number of aromatic amines is 1. The number of hydrogen-bond donors (Lipinski definition) is 3. The number of aromatic nitrogens is 1. The minimum absolute atomic E-state index is 0. The van der Waals surface area contributed by atoms with Crippen LogP contribution in [-0.4, -0.2) is 30.0 Å². The van der Waals surface area contributed by atoms with Crippen molar-refractivity contribution in [3.63, 3.8) is 0 Å². The van der Waals surface area contributed by atoms with Gasteiger partial charge in [-0.05, 0) is 36.9 Å². The van der Waals surface area contributed by atoms with Gasteiger partial charge in [-0.1, -0.05) is 18.2 Å². The molecule has 1 aromatic heterocycles. The van der Waals surface area contributed by atoms with E-state index in [9.17, 15) is 9.59 Å². The number of amides is 1. The normalized spacial score (nSPS) is 18.0. The van der Waals surface area contributed by atoms with Crippen molar-refractivity contribution in [3.8, 4) is 0 Å². The average Bonchev–Trinajstić information content (AvgIpc) is 2.48. The van der Waals surface area contributed by atoms with Gasteiger partial charge < -0.3 is 15.6 Å². The average molecular weight is 308 g/mol. The number of carbonyl (C=O) groups excluding carboxylic acids is 1. The Bertz CT molecular complexity index is 693. The molecule has 1 amide bonds. The summed E-state index contributed by atoms with van der Waals surface area (Å²) in [5, 5.41) is 7.58. The monoisotopic (exact) mass is 307 g/mol. The minimum Gasteiger partial charge on any atom is -0.347 e. The third-order valence-electron chi connectivity index (χ3n) is 3.63. The second-order valence-corrected chi connectivity index (χ2v) is 5.12. The molecule has 1 saturated heterocycles. The Balaban J connectivity index is 0.00000161. The molecule has 6 heteroatoms. The molecule has 3 rings (SSSR count). The second-order valence-electron chi connectivity index (χ2n) is 5.12. The summed E-state index contributed by atoms with van der Waals surface area (Å²) < 4.78 is 0. The van der Waals surface area contributed by atoms with Gasteiger partial charge in [-0.25, -0.2) is 0 Å². The van der Waals surface area contributed by atoms with Crippen LogP contribution in [0.15, 0.2) is 35.1 Å². The number of carbonyl (C=O) groups is 1. The maximum atomic E-state index is 12.2. The maximum Gasteiger partial charge on any atom is 0.268 e. The molecule has 5 nitrogen and oxygen atoms in total. The molecule has 1 fully saturated rings. The largest absolute Gasteiger partial charge is 0.347 e. The first-order chi connectivity index (χ1) is 9.74. The highest BCUT2D eigenvalue weighted by Crippen LogP contribution is 2.10. The number of H-pyrrole nitrogens is 1. The Kier molecular flexibility index (Phi) is 4.98. The van der Waals surface area contributed by atoms with Crippen LogP contribution in [0.25, 0.3) is 10.8 Å². The summed E-state index contributed by atoms with van der Waals surface area (Å²) in [7, 11) is 0. The molecule has 1 aliphatic rings. The van der Waals surface area contributed by atoms with Crippen LogP contribution in [-0.2, 0) is 0 Å². The van der Waals surface area contributed by atoms with Crippen molar-refractivity contribution < 1.29 is 4.79 Å². The number of hydrogen-bond acceptors (Lipinski definition) is 3. The predicted molar refractivity (Wildman–Crippen MR) is 85.2 cm³/mol. The Hall–Kier alpha value is -1.85. The van der Waals surface area contributed by atoms with Gasteiger partial charge in [-0.15, -0.1) is 12.4 Å². The Labute approximate surface area is 128 Å². The van der Waals surface area contributed by atoms with Gasteiger partial charge in [-0.2, -0.15) is 0 Å². The molecule has 112 valence electrons. The van der Waals surface area contributed by atoms with Gasteiger partial charge in [0, 0.05) is 18.0 Å². The fourth-order valence-corrected chi connectivity index (χ4v) is 2.57. The smallest absolute Gasteiger partial charge is 0.268 e. The van der Waals surface area contributed by atoms with Crippen LogP contribution in [0.2, 0.25) is 0 Å². The number of piperidine rings is 1. The van der Waals surface area contributed by atoms with Crippen LogP contribution in [0.3, 0.4) is 0 Å². The number of pyridine rings is 1. The lowest BCUT2D eigenvalue weighted by Gasteiger charge is -2.23. The number of rotatable bonds is 2. The number of fused-ring (bicyclic) bond motifs is 1. The van der Waals surface area contributed by atoms with Crippen LogP contribution < -0.4 is 16.2 Å². The van der Waals surface area contributed by atoms with E-state index >= 15 is 0 Å². The molecular formula is C15H18ClN3O2. The molecule has 1 aliphatic heterocycles. The first-order valence-electron chi connectivity index (χ1n) is 6.88. The minimum atomic E-state index is -0.227. The molecule has 1 aromatic carbocycles. The Morgan fingerprint density at radius 2 is 2.10 bits per heavy atom. The summed E-state index contributed by atoms with van der Waals surface area (Å²) in [6.07, 6.45) is 2.02. The van der Waals surface area contributed by atoms with Crippen LogP contribution in [0.5, 0.6) is 0 Å². The highest BCUT2D eigenvalue weighted by Gasteiger charge is 2.17. The molecule has 0 unspecified atom stereocenters. The van der Waals surface area contributed by atoms with E-state index in [1.807, 2.05) is 18.2 Å². The molecule has 21 heavy (non-hydrogen) atoms. The fourth-order valence-electron chi connectivity index (χ4n) is 2.57. The van der Waals surface area contributed by atoms with E-state index in [2.05, 4.69) is 15.6 Å². The lowest BCUT2D eigenvalue weighted by atomic mass is 10.1. The van der Waals surface area contributed by atoms with Crippen molar-refractivity contribution >= 4 is 29.1 Å². The van der Waals surface area contributed by atoms with E-state index in [0.717, 1.165) is 31.3 Å². The van der Waals surface area contributed by atoms with E-state index in [0.29, 0.717) is 11.1 Å².